The van der Waals surface area contributed by atoms with Gasteiger partial charge in [0.15, 0.2) is 5.82 Å². The van der Waals surface area contributed by atoms with E-state index in [4.69, 9.17) is 16.3 Å². The lowest BCUT2D eigenvalue weighted by atomic mass is 9.94. The Morgan fingerprint density at radius 1 is 1.33 bits per heavy atom. The smallest absolute Gasteiger partial charge is 0.236 e. The van der Waals surface area contributed by atoms with Crippen molar-refractivity contribution in [3.8, 4) is 11.6 Å². The van der Waals surface area contributed by atoms with E-state index in [0.717, 1.165) is 0 Å². The molecule has 6 nitrogen and oxygen atoms in total. The van der Waals surface area contributed by atoms with Crippen LogP contribution in [0.3, 0.4) is 0 Å². The van der Waals surface area contributed by atoms with Gasteiger partial charge in [-0.25, -0.2) is 14.1 Å². The number of hydrogen-bond acceptors (Lipinski definition) is 4. The van der Waals surface area contributed by atoms with Gasteiger partial charge in [-0.15, -0.1) is 0 Å². The molecule has 0 saturated heterocycles. The molecule has 1 N–H and O–H groups in total. The Labute approximate surface area is 159 Å². The Kier molecular flexibility index (Phi) is 4.31. The topological polar surface area (TPSA) is 69.0 Å². The van der Waals surface area contributed by atoms with Gasteiger partial charge in [0, 0.05) is 17.8 Å². The summed E-state index contributed by atoms with van der Waals surface area (Å²) in [6.45, 7) is 0. The molecule has 1 saturated carbocycles. The first-order chi connectivity index (χ1) is 13.0. The zero-order chi connectivity index (χ0) is 19.0. The summed E-state index contributed by atoms with van der Waals surface area (Å²) < 4.78 is 20.7. The number of carbonyl (C=O) groups excluding carboxylic acids is 1. The summed E-state index contributed by atoms with van der Waals surface area (Å²) in [5, 5.41) is 7.46. The predicted molar refractivity (Wildman–Crippen MR) is 98.9 cm³/mol. The van der Waals surface area contributed by atoms with E-state index in [1.165, 1.54) is 17.9 Å². The number of carbonyl (C=O) groups is 1. The summed E-state index contributed by atoms with van der Waals surface area (Å²) >= 11 is 6.09. The van der Waals surface area contributed by atoms with Crippen LogP contribution in [-0.2, 0) is 10.2 Å². The van der Waals surface area contributed by atoms with Gasteiger partial charge in [0.2, 0.25) is 11.8 Å². The molecule has 0 spiro atoms. The van der Waals surface area contributed by atoms with Crippen LogP contribution in [0.4, 0.5) is 10.2 Å². The molecule has 2 aromatic heterocycles. The van der Waals surface area contributed by atoms with Crippen molar-refractivity contribution >= 4 is 23.3 Å². The van der Waals surface area contributed by atoms with Crippen molar-refractivity contribution in [3.05, 3.63) is 65.2 Å². The molecular weight excluding hydrogens is 371 g/mol. The summed E-state index contributed by atoms with van der Waals surface area (Å²) in [4.78, 5) is 16.9. The number of benzene rings is 1. The quantitative estimate of drug-likeness (QED) is 0.725. The van der Waals surface area contributed by atoms with Crippen molar-refractivity contribution in [2.24, 2.45) is 0 Å². The van der Waals surface area contributed by atoms with Crippen molar-refractivity contribution in [3.63, 3.8) is 0 Å². The molecular formula is C19H16ClFN4O2. The fraction of sp³-hybridized carbons (Fsp3) is 0.211. The van der Waals surface area contributed by atoms with Gasteiger partial charge in [-0.3, -0.25) is 4.79 Å². The molecule has 3 aromatic rings. The van der Waals surface area contributed by atoms with E-state index in [2.05, 4.69) is 15.4 Å². The molecule has 27 heavy (non-hydrogen) atoms. The minimum absolute atomic E-state index is 0.260. The number of amides is 1. The number of nitrogens with zero attached hydrogens (tertiary/aromatic N) is 3. The molecule has 1 aliphatic rings. The highest BCUT2D eigenvalue weighted by Crippen LogP contribution is 2.49. The molecule has 1 aromatic carbocycles. The molecule has 1 amide bonds. The average molecular weight is 387 g/mol. The zero-order valence-electron chi connectivity index (χ0n) is 14.4. The van der Waals surface area contributed by atoms with Gasteiger partial charge in [-0.2, -0.15) is 5.10 Å². The van der Waals surface area contributed by atoms with Crippen molar-refractivity contribution < 1.29 is 13.9 Å². The van der Waals surface area contributed by atoms with Gasteiger partial charge < -0.3 is 10.1 Å². The molecule has 8 heteroatoms. The van der Waals surface area contributed by atoms with Crippen LogP contribution in [0.25, 0.3) is 5.69 Å². The maximum atomic E-state index is 14.1. The highest BCUT2D eigenvalue weighted by Gasteiger charge is 2.52. The molecule has 1 aliphatic carbocycles. The molecule has 0 unspecified atom stereocenters. The number of hydrogen-bond donors (Lipinski definition) is 1. The van der Waals surface area contributed by atoms with Crippen LogP contribution in [0.2, 0.25) is 5.02 Å². The largest absolute Gasteiger partial charge is 0.480 e. The summed E-state index contributed by atoms with van der Waals surface area (Å²) in [7, 11) is 1.48. The Morgan fingerprint density at radius 2 is 2.11 bits per heavy atom. The summed E-state index contributed by atoms with van der Waals surface area (Å²) in [6.07, 6.45) is 4.46. The normalized spacial score (nSPS) is 14.6. The van der Waals surface area contributed by atoms with Gasteiger partial charge >= 0.3 is 0 Å². The average Bonchev–Trinajstić information content (AvgIpc) is 3.35. The number of methoxy groups -OCH3 is 1. The maximum Gasteiger partial charge on any atom is 0.236 e. The van der Waals surface area contributed by atoms with Crippen molar-refractivity contribution in [2.75, 3.05) is 12.4 Å². The van der Waals surface area contributed by atoms with Crippen molar-refractivity contribution in [1.29, 1.82) is 0 Å². The third-order valence-corrected chi connectivity index (χ3v) is 4.93. The second kappa shape index (κ2) is 6.66. The Balaban J connectivity index is 1.54. The van der Waals surface area contributed by atoms with Crippen LogP contribution >= 0.6 is 11.6 Å². The third kappa shape index (κ3) is 3.14. The van der Waals surface area contributed by atoms with Crippen LogP contribution in [0.1, 0.15) is 18.4 Å². The van der Waals surface area contributed by atoms with Gasteiger partial charge in [0.25, 0.3) is 0 Å². The molecule has 0 bridgehead atoms. The number of anilines is 1. The number of nitrogens with one attached hydrogen (secondary N) is 1. The van der Waals surface area contributed by atoms with E-state index in [1.807, 2.05) is 0 Å². The Hall–Kier alpha value is -2.93. The first-order valence-electron chi connectivity index (χ1n) is 8.35. The van der Waals surface area contributed by atoms with E-state index < -0.39 is 5.41 Å². The van der Waals surface area contributed by atoms with Crippen molar-refractivity contribution in [2.45, 2.75) is 18.3 Å². The SMILES string of the molecule is COc1ncc(-n2ccc(NC(=O)C3(c4ccccc4F)CC3)n2)cc1Cl. The monoisotopic (exact) mass is 386 g/mol. The second-order valence-electron chi connectivity index (χ2n) is 6.35. The molecule has 138 valence electrons. The summed E-state index contributed by atoms with van der Waals surface area (Å²) in [5.41, 5.74) is 0.227. The molecule has 4 rings (SSSR count). The lowest BCUT2D eigenvalue weighted by Crippen LogP contribution is -2.29. The van der Waals surface area contributed by atoms with Gasteiger partial charge in [-0.1, -0.05) is 29.8 Å². The minimum atomic E-state index is -0.819. The molecule has 0 radical (unpaired) electrons. The van der Waals surface area contributed by atoms with E-state index in [-0.39, 0.29) is 11.7 Å². The lowest BCUT2D eigenvalue weighted by molar-refractivity contribution is -0.118. The molecule has 0 atom stereocenters. The van der Waals surface area contributed by atoms with Crippen molar-refractivity contribution in [1.82, 2.24) is 14.8 Å². The molecule has 2 heterocycles. The Morgan fingerprint density at radius 3 is 2.78 bits per heavy atom. The number of halogens is 2. The highest BCUT2D eigenvalue weighted by atomic mass is 35.5. The first kappa shape index (κ1) is 17.5. The first-order valence-corrected chi connectivity index (χ1v) is 8.73. The standard InChI is InChI=1S/C19H16ClFN4O2/c1-27-17-14(20)10-12(11-22-17)25-9-6-16(24-25)23-18(26)19(7-8-19)13-4-2-3-5-15(13)21/h2-6,9-11H,7-8H2,1H3,(H,23,24,26). The third-order valence-electron chi connectivity index (χ3n) is 4.66. The van der Waals surface area contributed by atoms with Gasteiger partial charge in [0.1, 0.15) is 10.8 Å². The van der Waals surface area contributed by atoms with Gasteiger partial charge in [0.05, 0.1) is 24.4 Å². The van der Waals surface area contributed by atoms with Gasteiger partial charge in [-0.05, 0) is 25.0 Å². The van der Waals surface area contributed by atoms with Crippen LogP contribution in [0.15, 0.2) is 48.8 Å². The minimum Gasteiger partial charge on any atom is -0.480 e. The maximum absolute atomic E-state index is 14.1. The number of aromatic nitrogens is 3. The Bertz CT molecular complexity index is 1020. The molecule has 0 aliphatic heterocycles. The van der Waals surface area contributed by atoms with E-state index in [0.29, 0.717) is 40.8 Å². The second-order valence-corrected chi connectivity index (χ2v) is 6.75. The summed E-state index contributed by atoms with van der Waals surface area (Å²) in [5.74, 6) is 0.0644. The number of rotatable bonds is 5. The fourth-order valence-electron chi connectivity index (χ4n) is 3.05. The van der Waals surface area contributed by atoms with E-state index in [9.17, 15) is 9.18 Å². The lowest BCUT2D eigenvalue weighted by Gasteiger charge is -2.15. The summed E-state index contributed by atoms with van der Waals surface area (Å²) in [6, 6.07) is 9.70. The predicted octanol–water partition coefficient (Wildman–Crippen LogP) is 3.74. The van der Waals surface area contributed by atoms with Crippen LogP contribution < -0.4 is 10.1 Å². The van der Waals surface area contributed by atoms with Crippen LogP contribution in [0, 0.1) is 5.82 Å². The number of pyridine rings is 1. The zero-order valence-corrected chi connectivity index (χ0v) is 15.2. The molecule has 1 fully saturated rings. The van der Waals surface area contributed by atoms with E-state index in [1.54, 1.807) is 42.7 Å². The fourth-order valence-corrected chi connectivity index (χ4v) is 3.29. The van der Waals surface area contributed by atoms with Crippen LogP contribution in [-0.4, -0.2) is 27.8 Å². The number of ether oxygens (including phenoxy) is 1. The van der Waals surface area contributed by atoms with E-state index >= 15 is 0 Å². The highest BCUT2D eigenvalue weighted by molar-refractivity contribution is 6.32. The van der Waals surface area contributed by atoms with Crippen LogP contribution in [0.5, 0.6) is 5.88 Å².